The number of aromatic nitrogens is 1. The predicted octanol–water partition coefficient (Wildman–Crippen LogP) is 3.38. The van der Waals surface area contributed by atoms with Crippen LogP contribution in [0.25, 0.3) is 10.9 Å². The highest BCUT2D eigenvalue weighted by Gasteiger charge is 2.09. The fraction of sp³-hybridized carbons (Fsp3) is 0.412. The van der Waals surface area contributed by atoms with E-state index in [0.29, 0.717) is 0 Å². The number of fused-ring (bicyclic) bond motifs is 1. The van der Waals surface area contributed by atoms with E-state index in [4.69, 9.17) is 6.42 Å². The zero-order chi connectivity index (χ0) is 13.7. The molecule has 0 saturated heterocycles. The van der Waals surface area contributed by atoms with Crippen molar-refractivity contribution in [2.24, 2.45) is 7.05 Å². The van der Waals surface area contributed by atoms with Crippen molar-refractivity contribution in [1.82, 2.24) is 9.88 Å². The number of unbranched alkanes of at least 4 members (excludes halogenated alkanes) is 2. The lowest BCUT2D eigenvalue weighted by molar-refractivity contribution is 0.611. The molecular weight excluding hydrogens is 232 g/mol. The number of rotatable bonds is 6. The van der Waals surface area contributed by atoms with Crippen LogP contribution in [0.4, 0.5) is 0 Å². The minimum atomic E-state index is 0.884. The molecule has 0 amide bonds. The van der Waals surface area contributed by atoms with Crippen LogP contribution in [0.1, 0.15) is 30.5 Å². The lowest BCUT2D eigenvalue weighted by Gasteiger charge is -2.07. The maximum atomic E-state index is 5.24. The lowest BCUT2D eigenvalue weighted by Crippen LogP contribution is -2.17. The largest absolute Gasteiger partial charge is 0.346 e. The second-order valence-corrected chi connectivity index (χ2v) is 4.99. The topological polar surface area (TPSA) is 17.0 Å². The molecule has 1 aromatic carbocycles. The van der Waals surface area contributed by atoms with Crippen molar-refractivity contribution in [1.29, 1.82) is 0 Å². The van der Waals surface area contributed by atoms with Gasteiger partial charge in [-0.25, -0.2) is 0 Å². The van der Waals surface area contributed by atoms with E-state index in [1.54, 1.807) is 0 Å². The molecule has 2 rings (SSSR count). The summed E-state index contributed by atoms with van der Waals surface area (Å²) in [5.74, 6) is 2.68. The number of para-hydroxylation sites is 1. The summed E-state index contributed by atoms with van der Waals surface area (Å²) in [6.45, 7) is 4.16. The summed E-state index contributed by atoms with van der Waals surface area (Å²) in [5.41, 5.74) is 4.07. The molecule has 2 nitrogen and oxygen atoms in total. The molecule has 2 aromatic rings. The summed E-state index contributed by atoms with van der Waals surface area (Å²) < 4.78 is 2.29. The van der Waals surface area contributed by atoms with E-state index in [1.807, 2.05) is 0 Å². The van der Waals surface area contributed by atoms with Gasteiger partial charge < -0.3 is 9.88 Å². The van der Waals surface area contributed by atoms with Gasteiger partial charge in [0.05, 0.1) is 0 Å². The first-order chi connectivity index (χ1) is 9.25. The van der Waals surface area contributed by atoms with E-state index in [9.17, 15) is 0 Å². The summed E-state index contributed by atoms with van der Waals surface area (Å²) in [7, 11) is 2.14. The molecule has 0 bridgehead atoms. The average molecular weight is 254 g/mol. The number of aryl methyl sites for hydroxylation is 2. The van der Waals surface area contributed by atoms with Gasteiger partial charge in [-0.3, -0.25) is 0 Å². The third kappa shape index (κ3) is 3.00. The highest BCUT2D eigenvalue weighted by atomic mass is 15.0. The Labute approximate surface area is 115 Å². The van der Waals surface area contributed by atoms with Gasteiger partial charge in [0.2, 0.25) is 0 Å². The van der Waals surface area contributed by atoms with Crippen LogP contribution < -0.4 is 5.32 Å². The molecule has 1 aromatic heterocycles. The van der Waals surface area contributed by atoms with Crippen LogP contribution in [0.2, 0.25) is 0 Å². The Bertz CT molecular complexity index is 548. The summed E-state index contributed by atoms with van der Waals surface area (Å²) in [5, 5.41) is 4.87. The Kier molecular flexibility index (Phi) is 4.65. The Balaban J connectivity index is 1.99. The maximum absolute atomic E-state index is 5.24. The van der Waals surface area contributed by atoms with Gasteiger partial charge in [-0.05, 0) is 37.9 Å². The number of terminal acetylenes is 1. The van der Waals surface area contributed by atoms with Crippen molar-refractivity contribution in [2.75, 3.05) is 6.54 Å². The molecule has 0 aliphatic rings. The van der Waals surface area contributed by atoms with Crippen molar-refractivity contribution < 1.29 is 0 Å². The molecule has 2 heteroatoms. The Hall–Kier alpha value is -1.72. The van der Waals surface area contributed by atoms with E-state index in [2.05, 4.69) is 54.0 Å². The molecule has 0 aliphatic heterocycles. The number of nitrogens with zero attached hydrogens (tertiary/aromatic N) is 1. The fourth-order valence-electron chi connectivity index (χ4n) is 2.57. The molecule has 0 radical (unpaired) electrons. The lowest BCUT2D eigenvalue weighted by atomic mass is 10.1. The molecule has 0 saturated carbocycles. The van der Waals surface area contributed by atoms with Gasteiger partial charge in [0, 0.05) is 36.6 Å². The molecule has 0 fully saturated rings. The van der Waals surface area contributed by atoms with E-state index >= 15 is 0 Å². The van der Waals surface area contributed by atoms with E-state index in [0.717, 1.165) is 32.4 Å². The van der Waals surface area contributed by atoms with Crippen molar-refractivity contribution in [2.45, 2.75) is 32.7 Å². The van der Waals surface area contributed by atoms with Gasteiger partial charge in [-0.1, -0.05) is 18.2 Å². The van der Waals surface area contributed by atoms with Crippen molar-refractivity contribution in [3.63, 3.8) is 0 Å². The molecule has 0 atom stereocenters. The monoisotopic (exact) mass is 254 g/mol. The minimum Gasteiger partial charge on any atom is -0.346 e. The number of hydrogen-bond acceptors (Lipinski definition) is 1. The smallest absolute Gasteiger partial charge is 0.0483 e. The zero-order valence-corrected chi connectivity index (χ0v) is 11.9. The maximum Gasteiger partial charge on any atom is 0.0483 e. The molecule has 0 aliphatic carbocycles. The SMILES string of the molecule is C#CCCCCNCc1c(C)c2ccccc2n1C. The standard InChI is InChI=1S/C17H22N2/c1-4-5-6-9-12-18-13-17-14(2)15-10-7-8-11-16(15)19(17)3/h1,7-8,10-11,18H,5-6,9,12-13H2,2-3H3. The third-order valence-electron chi connectivity index (χ3n) is 3.72. The van der Waals surface area contributed by atoms with Crippen LogP contribution >= 0.6 is 0 Å². The molecule has 1 heterocycles. The van der Waals surface area contributed by atoms with Gasteiger partial charge in [0.25, 0.3) is 0 Å². The number of benzene rings is 1. The first-order valence-electron chi connectivity index (χ1n) is 6.92. The summed E-state index contributed by atoms with van der Waals surface area (Å²) >= 11 is 0. The number of nitrogens with one attached hydrogen (secondary N) is 1. The zero-order valence-electron chi connectivity index (χ0n) is 11.9. The van der Waals surface area contributed by atoms with E-state index < -0.39 is 0 Å². The van der Waals surface area contributed by atoms with Crippen molar-refractivity contribution in [3.05, 3.63) is 35.5 Å². The molecular formula is C17H22N2. The van der Waals surface area contributed by atoms with E-state index in [1.165, 1.54) is 22.2 Å². The van der Waals surface area contributed by atoms with Crippen molar-refractivity contribution in [3.8, 4) is 12.3 Å². The molecule has 19 heavy (non-hydrogen) atoms. The Morgan fingerprint density at radius 3 is 2.79 bits per heavy atom. The Morgan fingerprint density at radius 1 is 1.26 bits per heavy atom. The number of hydrogen-bond donors (Lipinski definition) is 1. The normalized spacial score (nSPS) is 10.8. The molecule has 0 spiro atoms. The fourth-order valence-corrected chi connectivity index (χ4v) is 2.57. The quantitative estimate of drug-likeness (QED) is 0.617. The highest BCUT2D eigenvalue weighted by Crippen LogP contribution is 2.24. The second kappa shape index (κ2) is 6.45. The summed E-state index contributed by atoms with van der Waals surface area (Å²) in [6.07, 6.45) is 8.38. The molecule has 100 valence electrons. The average Bonchev–Trinajstić information content (AvgIpc) is 2.68. The van der Waals surface area contributed by atoms with Gasteiger partial charge in [0.15, 0.2) is 0 Å². The third-order valence-corrected chi connectivity index (χ3v) is 3.72. The molecule has 1 N–H and O–H groups in total. The van der Waals surface area contributed by atoms with Crippen LogP contribution in [-0.4, -0.2) is 11.1 Å². The highest BCUT2D eigenvalue weighted by molar-refractivity contribution is 5.85. The van der Waals surface area contributed by atoms with Crippen LogP contribution in [0.15, 0.2) is 24.3 Å². The van der Waals surface area contributed by atoms with Gasteiger partial charge in [-0.2, -0.15) is 0 Å². The molecule has 0 unspecified atom stereocenters. The first kappa shape index (κ1) is 13.7. The van der Waals surface area contributed by atoms with Crippen LogP contribution in [0.5, 0.6) is 0 Å². The summed E-state index contributed by atoms with van der Waals surface area (Å²) in [6, 6.07) is 8.57. The van der Waals surface area contributed by atoms with Gasteiger partial charge in [-0.15, -0.1) is 12.3 Å². The predicted molar refractivity (Wildman–Crippen MR) is 82.0 cm³/mol. The minimum absolute atomic E-state index is 0.884. The first-order valence-corrected chi connectivity index (χ1v) is 6.92. The Morgan fingerprint density at radius 2 is 2.05 bits per heavy atom. The summed E-state index contributed by atoms with van der Waals surface area (Å²) in [4.78, 5) is 0. The van der Waals surface area contributed by atoms with Gasteiger partial charge in [0.1, 0.15) is 0 Å². The van der Waals surface area contributed by atoms with Crippen LogP contribution in [0, 0.1) is 19.3 Å². The van der Waals surface area contributed by atoms with E-state index in [-0.39, 0.29) is 0 Å². The van der Waals surface area contributed by atoms with Crippen molar-refractivity contribution >= 4 is 10.9 Å². The van der Waals surface area contributed by atoms with Crippen LogP contribution in [-0.2, 0) is 13.6 Å². The van der Waals surface area contributed by atoms with Gasteiger partial charge >= 0.3 is 0 Å². The second-order valence-electron chi connectivity index (χ2n) is 4.99. The van der Waals surface area contributed by atoms with Crippen LogP contribution in [0.3, 0.4) is 0 Å².